The van der Waals surface area contributed by atoms with Gasteiger partial charge in [0.15, 0.2) is 0 Å². The number of fused-ring (bicyclic) bond motifs is 2. The van der Waals surface area contributed by atoms with Crippen LogP contribution in [-0.4, -0.2) is 40.8 Å². The van der Waals surface area contributed by atoms with E-state index in [0.717, 1.165) is 47.3 Å². The highest BCUT2D eigenvalue weighted by molar-refractivity contribution is 5.93. The highest BCUT2D eigenvalue weighted by Gasteiger charge is 2.18. The van der Waals surface area contributed by atoms with Gasteiger partial charge in [-0.15, -0.1) is 0 Å². The third-order valence-corrected chi connectivity index (χ3v) is 5.90. The summed E-state index contributed by atoms with van der Waals surface area (Å²) >= 11 is 0. The summed E-state index contributed by atoms with van der Waals surface area (Å²) in [7, 11) is 0. The number of para-hydroxylation sites is 1. The van der Waals surface area contributed by atoms with Crippen LogP contribution in [-0.2, 0) is 13.0 Å². The highest BCUT2D eigenvalue weighted by Crippen LogP contribution is 2.29. The van der Waals surface area contributed by atoms with E-state index in [1.54, 1.807) is 0 Å². The second kappa shape index (κ2) is 8.88. The van der Waals surface area contributed by atoms with Crippen molar-refractivity contribution < 1.29 is 9.84 Å². The number of rotatable bonds is 6. The molecule has 3 aromatic carbocycles. The molecule has 0 radical (unpaired) electrons. The van der Waals surface area contributed by atoms with Crippen LogP contribution in [0.15, 0.2) is 85.1 Å². The van der Waals surface area contributed by atoms with Crippen molar-refractivity contribution in [1.82, 2.24) is 9.88 Å². The van der Waals surface area contributed by atoms with Gasteiger partial charge in [-0.1, -0.05) is 60.7 Å². The van der Waals surface area contributed by atoms with Crippen molar-refractivity contribution >= 4 is 10.9 Å². The number of pyridine rings is 1. The van der Waals surface area contributed by atoms with E-state index < -0.39 is 6.10 Å². The monoisotopic (exact) mass is 410 g/mol. The lowest BCUT2D eigenvalue weighted by Gasteiger charge is -2.30. The molecule has 156 valence electrons. The number of hydrogen-bond donors (Lipinski definition) is 1. The number of aliphatic hydroxyl groups excluding tert-OH is 1. The Kier molecular flexibility index (Phi) is 5.65. The summed E-state index contributed by atoms with van der Waals surface area (Å²) in [4.78, 5) is 6.86. The number of aliphatic hydroxyl groups is 1. The Bertz CT molecular complexity index is 1190. The molecule has 0 saturated heterocycles. The van der Waals surface area contributed by atoms with Crippen LogP contribution in [0.3, 0.4) is 0 Å². The van der Waals surface area contributed by atoms with Crippen LogP contribution < -0.4 is 4.74 Å². The number of aromatic nitrogens is 1. The van der Waals surface area contributed by atoms with Gasteiger partial charge in [-0.05, 0) is 41.3 Å². The van der Waals surface area contributed by atoms with Crippen molar-refractivity contribution in [3.63, 3.8) is 0 Å². The van der Waals surface area contributed by atoms with E-state index in [-0.39, 0.29) is 6.61 Å². The molecule has 1 aromatic heterocycles. The molecule has 1 atom stereocenters. The predicted molar refractivity (Wildman–Crippen MR) is 124 cm³/mol. The zero-order valence-electron chi connectivity index (χ0n) is 17.4. The Morgan fingerprint density at radius 2 is 1.77 bits per heavy atom. The summed E-state index contributed by atoms with van der Waals surface area (Å²) in [5.41, 5.74) is 5.90. The van der Waals surface area contributed by atoms with E-state index in [1.807, 2.05) is 36.5 Å². The van der Waals surface area contributed by atoms with Gasteiger partial charge < -0.3 is 9.84 Å². The first-order valence-corrected chi connectivity index (χ1v) is 10.8. The Morgan fingerprint density at radius 1 is 0.935 bits per heavy atom. The smallest absolute Gasteiger partial charge is 0.120 e. The summed E-state index contributed by atoms with van der Waals surface area (Å²) in [6, 6.07) is 26.8. The third-order valence-electron chi connectivity index (χ3n) is 5.90. The van der Waals surface area contributed by atoms with E-state index in [2.05, 4.69) is 58.4 Å². The zero-order chi connectivity index (χ0) is 21.0. The Hall–Kier alpha value is -3.21. The molecular weight excluding hydrogens is 384 g/mol. The molecule has 0 saturated carbocycles. The first-order valence-electron chi connectivity index (χ1n) is 10.8. The number of β-amino-alcohol motifs (C(OH)–C–C–N with tert-alkyl or cyclic N) is 1. The van der Waals surface area contributed by atoms with Crippen molar-refractivity contribution in [2.24, 2.45) is 0 Å². The number of benzene rings is 3. The molecule has 0 aliphatic carbocycles. The molecule has 2 heterocycles. The van der Waals surface area contributed by atoms with Crippen molar-refractivity contribution in [2.75, 3.05) is 19.7 Å². The molecule has 1 unspecified atom stereocenters. The van der Waals surface area contributed by atoms with Crippen LogP contribution >= 0.6 is 0 Å². The second-order valence-electron chi connectivity index (χ2n) is 8.13. The molecule has 0 fully saturated rings. The summed E-state index contributed by atoms with van der Waals surface area (Å²) in [6.07, 6.45) is 2.32. The maximum atomic E-state index is 10.6. The average Bonchev–Trinajstić information content (AvgIpc) is 2.82. The van der Waals surface area contributed by atoms with Gasteiger partial charge in [0.05, 0.1) is 5.52 Å². The van der Waals surface area contributed by atoms with Gasteiger partial charge in [0.1, 0.15) is 18.5 Å². The minimum absolute atomic E-state index is 0.273. The Labute approximate surface area is 182 Å². The van der Waals surface area contributed by atoms with Gasteiger partial charge in [0.25, 0.3) is 0 Å². The topological polar surface area (TPSA) is 45.6 Å². The van der Waals surface area contributed by atoms with Gasteiger partial charge in [0.2, 0.25) is 0 Å². The average molecular weight is 411 g/mol. The third kappa shape index (κ3) is 4.46. The van der Waals surface area contributed by atoms with E-state index >= 15 is 0 Å². The standard InChI is InChI=1S/C27H26N2O2/c30-24(18-29-15-13-20-6-1-2-7-23(20)17-29)19-31-25-11-3-9-22(16-25)26-12-4-8-21-10-5-14-28-27(21)26/h1-12,14,16,24,30H,13,15,17-19H2. The van der Waals surface area contributed by atoms with Crippen LogP contribution in [0.4, 0.5) is 0 Å². The molecule has 5 rings (SSSR count). The quantitative estimate of drug-likeness (QED) is 0.500. The molecule has 0 amide bonds. The lowest BCUT2D eigenvalue weighted by atomic mass is 10.00. The normalized spacial score (nSPS) is 14.9. The molecule has 1 aliphatic heterocycles. The van der Waals surface area contributed by atoms with Crippen LogP contribution in [0.25, 0.3) is 22.0 Å². The second-order valence-corrected chi connectivity index (χ2v) is 8.13. The molecule has 1 aliphatic rings. The number of hydrogen-bond acceptors (Lipinski definition) is 4. The van der Waals surface area contributed by atoms with Crippen LogP contribution in [0.5, 0.6) is 5.75 Å². The van der Waals surface area contributed by atoms with Crippen molar-refractivity contribution in [3.8, 4) is 16.9 Å². The van der Waals surface area contributed by atoms with Gasteiger partial charge in [-0.25, -0.2) is 0 Å². The number of ether oxygens (including phenoxy) is 1. The SMILES string of the molecule is OC(COc1cccc(-c2cccc3cccnc23)c1)CN1CCc2ccccc2C1. The van der Waals surface area contributed by atoms with Gasteiger partial charge in [0, 0.05) is 36.8 Å². The van der Waals surface area contributed by atoms with Crippen LogP contribution in [0.1, 0.15) is 11.1 Å². The largest absolute Gasteiger partial charge is 0.491 e. The zero-order valence-corrected chi connectivity index (χ0v) is 17.4. The Balaban J connectivity index is 1.23. The van der Waals surface area contributed by atoms with Gasteiger partial charge in [-0.2, -0.15) is 0 Å². The van der Waals surface area contributed by atoms with E-state index in [9.17, 15) is 5.11 Å². The lowest BCUT2D eigenvalue weighted by molar-refractivity contribution is 0.0638. The first kappa shape index (κ1) is 19.7. The fourth-order valence-corrected chi connectivity index (χ4v) is 4.34. The maximum absolute atomic E-state index is 10.6. The molecule has 31 heavy (non-hydrogen) atoms. The highest BCUT2D eigenvalue weighted by atomic mass is 16.5. The van der Waals surface area contributed by atoms with Crippen LogP contribution in [0, 0.1) is 0 Å². The van der Waals surface area contributed by atoms with Gasteiger partial charge >= 0.3 is 0 Å². The van der Waals surface area contributed by atoms with Gasteiger partial charge in [-0.3, -0.25) is 9.88 Å². The fraction of sp³-hybridized carbons (Fsp3) is 0.222. The molecule has 0 spiro atoms. The summed E-state index contributed by atoms with van der Waals surface area (Å²) in [5.74, 6) is 0.758. The van der Waals surface area contributed by atoms with E-state index in [0.29, 0.717) is 6.54 Å². The summed E-state index contributed by atoms with van der Waals surface area (Å²) in [6.45, 7) is 2.74. The lowest BCUT2D eigenvalue weighted by Crippen LogP contribution is -2.38. The minimum Gasteiger partial charge on any atom is -0.491 e. The molecule has 4 heteroatoms. The van der Waals surface area contributed by atoms with Crippen LogP contribution in [0.2, 0.25) is 0 Å². The molecular formula is C27H26N2O2. The van der Waals surface area contributed by atoms with Crippen molar-refractivity contribution in [3.05, 3.63) is 96.2 Å². The molecule has 1 N–H and O–H groups in total. The number of nitrogens with zero attached hydrogens (tertiary/aromatic N) is 2. The maximum Gasteiger partial charge on any atom is 0.120 e. The molecule has 0 bridgehead atoms. The minimum atomic E-state index is -0.534. The Morgan fingerprint density at radius 3 is 2.71 bits per heavy atom. The molecule has 4 nitrogen and oxygen atoms in total. The summed E-state index contributed by atoms with van der Waals surface area (Å²) < 4.78 is 5.96. The fourth-order valence-electron chi connectivity index (χ4n) is 4.34. The van der Waals surface area contributed by atoms with Crippen molar-refractivity contribution in [1.29, 1.82) is 0 Å². The predicted octanol–water partition coefficient (Wildman–Crippen LogP) is 4.70. The molecule has 4 aromatic rings. The summed E-state index contributed by atoms with van der Waals surface area (Å²) in [5, 5.41) is 11.7. The van der Waals surface area contributed by atoms with E-state index in [1.165, 1.54) is 11.1 Å². The first-order chi connectivity index (χ1) is 15.3. The van der Waals surface area contributed by atoms with E-state index in [4.69, 9.17) is 4.74 Å². The van der Waals surface area contributed by atoms with Crippen molar-refractivity contribution in [2.45, 2.75) is 19.1 Å².